The lowest BCUT2D eigenvalue weighted by Gasteiger charge is -2.15. The molecule has 0 saturated heterocycles. The normalized spacial score (nSPS) is 11.3. The zero-order valence-electron chi connectivity index (χ0n) is 17.8. The minimum Gasteiger partial charge on any atom is -0.494 e. The molecule has 3 aromatic heterocycles. The first-order valence-corrected chi connectivity index (χ1v) is 12.7. The fraction of sp³-hybridized carbons (Fsp3) is 0.160. The number of ether oxygens (including phenoxy) is 1. The highest BCUT2D eigenvalue weighted by Crippen LogP contribution is 2.32. The standard InChI is InChI=1S/C25H20ClN3O2S2/c1-2-31-20-11-4-3-8-17(20)14-29-24(30)22-21(19-10-6-12-27-23(19)33-22)28-25(29)32-15-16-7-5-9-18(26)13-16/h3-13H,2,14-15H2,1H3. The van der Waals surface area contributed by atoms with Crippen molar-refractivity contribution in [1.82, 2.24) is 14.5 Å². The Balaban J connectivity index is 1.63. The molecule has 0 N–H and O–H groups in total. The van der Waals surface area contributed by atoms with Gasteiger partial charge in [-0.3, -0.25) is 9.36 Å². The average molecular weight is 494 g/mol. The van der Waals surface area contributed by atoms with E-state index >= 15 is 0 Å². The summed E-state index contributed by atoms with van der Waals surface area (Å²) in [6.45, 7) is 2.88. The largest absolute Gasteiger partial charge is 0.494 e. The molecule has 0 radical (unpaired) electrons. The molecule has 0 fully saturated rings. The Morgan fingerprint density at radius 2 is 2.00 bits per heavy atom. The summed E-state index contributed by atoms with van der Waals surface area (Å²) in [6, 6.07) is 19.4. The fourth-order valence-electron chi connectivity index (χ4n) is 3.67. The molecule has 8 heteroatoms. The number of thiophene rings is 1. The van der Waals surface area contributed by atoms with E-state index in [-0.39, 0.29) is 5.56 Å². The van der Waals surface area contributed by atoms with Crippen LogP contribution in [0.4, 0.5) is 0 Å². The number of aromatic nitrogens is 3. The maximum absolute atomic E-state index is 13.7. The number of thioether (sulfide) groups is 1. The summed E-state index contributed by atoms with van der Waals surface area (Å²) in [6.07, 6.45) is 1.74. The number of rotatable bonds is 7. The van der Waals surface area contributed by atoms with E-state index in [0.29, 0.717) is 39.3 Å². The second kappa shape index (κ2) is 9.55. The Labute approximate surface area is 204 Å². The van der Waals surface area contributed by atoms with Gasteiger partial charge >= 0.3 is 0 Å². The number of fused-ring (bicyclic) bond motifs is 3. The van der Waals surface area contributed by atoms with Crippen LogP contribution in [0.2, 0.25) is 5.02 Å². The first-order chi connectivity index (χ1) is 16.1. The van der Waals surface area contributed by atoms with E-state index in [1.165, 1.54) is 23.1 Å². The average Bonchev–Trinajstić information content (AvgIpc) is 3.20. The van der Waals surface area contributed by atoms with Crippen molar-refractivity contribution in [3.63, 3.8) is 0 Å². The Kier molecular flexibility index (Phi) is 6.35. The van der Waals surface area contributed by atoms with E-state index in [4.69, 9.17) is 21.3 Å². The van der Waals surface area contributed by atoms with Crippen LogP contribution < -0.4 is 10.3 Å². The van der Waals surface area contributed by atoms with Crippen molar-refractivity contribution in [2.24, 2.45) is 0 Å². The Morgan fingerprint density at radius 3 is 2.85 bits per heavy atom. The van der Waals surface area contributed by atoms with Crippen molar-refractivity contribution < 1.29 is 4.74 Å². The molecular formula is C25H20ClN3O2S2. The van der Waals surface area contributed by atoms with Crippen molar-refractivity contribution >= 4 is 55.1 Å². The highest BCUT2D eigenvalue weighted by molar-refractivity contribution is 7.98. The molecule has 5 nitrogen and oxygen atoms in total. The Morgan fingerprint density at radius 1 is 1.12 bits per heavy atom. The van der Waals surface area contributed by atoms with Crippen LogP contribution in [0.15, 0.2) is 76.8 Å². The van der Waals surface area contributed by atoms with Gasteiger partial charge in [-0.05, 0) is 42.8 Å². The first-order valence-electron chi connectivity index (χ1n) is 10.5. The molecule has 5 rings (SSSR count). The van der Waals surface area contributed by atoms with Gasteiger partial charge in [0, 0.05) is 27.9 Å². The number of benzene rings is 2. The Bertz CT molecular complexity index is 1510. The van der Waals surface area contributed by atoms with Gasteiger partial charge in [-0.2, -0.15) is 0 Å². The van der Waals surface area contributed by atoms with Gasteiger partial charge in [0.1, 0.15) is 15.3 Å². The van der Waals surface area contributed by atoms with E-state index in [2.05, 4.69) is 4.98 Å². The lowest BCUT2D eigenvalue weighted by molar-refractivity contribution is 0.335. The predicted octanol–water partition coefficient (Wildman–Crippen LogP) is 6.40. The summed E-state index contributed by atoms with van der Waals surface area (Å²) in [7, 11) is 0. The summed E-state index contributed by atoms with van der Waals surface area (Å²) in [4.78, 5) is 23.9. The number of halogens is 1. The fourth-order valence-corrected chi connectivity index (χ4v) is 5.85. The molecule has 0 saturated carbocycles. The lowest BCUT2D eigenvalue weighted by atomic mass is 10.2. The van der Waals surface area contributed by atoms with Crippen LogP contribution in [0.3, 0.4) is 0 Å². The molecule has 0 amide bonds. The van der Waals surface area contributed by atoms with Gasteiger partial charge in [0.05, 0.1) is 18.7 Å². The smallest absolute Gasteiger partial charge is 0.272 e. The molecule has 0 aliphatic carbocycles. The number of hydrogen-bond acceptors (Lipinski definition) is 6. The number of pyridine rings is 1. The maximum atomic E-state index is 13.7. The van der Waals surface area contributed by atoms with Crippen molar-refractivity contribution in [2.75, 3.05) is 6.61 Å². The molecule has 5 aromatic rings. The first kappa shape index (κ1) is 21.9. The summed E-state index contributed by atoms with van der Waals surface area (Å²) >= 11 is 9.08. The SMILES string of the molecule is CCOc1ccccc1Cn1c(SCc2cccc(Cl)c2)nc2c(sc3ncccc32)c1=O. The third-order valence-corrected chi connectivity index (χ3v) is 7.55. The third-order valence-electron chi connectivity index (χ3n) is 5.18. The van der Waals surface area contributed by atoms with Gasteiger partial charge < -0.3 is 4.74 Å². The molecule has 2 aromatic carbocycles. The minimum absolute atomic E-state index is 0.0668. The second-order valence-electron chi connectivity index (χ2n) is 7.38. The summed E-state index contributed by atoms with van der Waals surface area (Å²) in [5.74, 6) is 1.42. The van der Waals surface area contributed by atoms with Crippen LogP contribution in [0.1, 0.15) is 18.1 Å². The Hall–Kier alpha value is -2.87. The monoisotopic (exact) mass is 493 g/mol. The van der Waals surface area contributed by atoms with Gasteiger partial charge in [-0.25, -0.2) is 9.97 Å². The topological polar surface area (TPSA) is 57.0 Å². The van der Waals surface area contributed by atoms with E-state index in [1.54, 1.807) is 10.8 Å². The minimum atomic E-state index is -0.0668. The summed E-state index contributed by atoms with van der Waals surface area (Å²) < 4.78 is 8.16. The predicted molar refractivity (Wildman–Crippen MR) is 137 cm³/mol. The van der Waals surface area contributed by atoms with E-state index in [0.717, 1.165) is 27.1 Å². The summed E-state index contributed by atoms with van der Waals surface area (Å²) in [5.41, 5.74) is 2.64. The van der Waals surface area contributed by atoms with Gasteiger partial charge in [0.25, 0.3) is 5.56 Å². The van der Waals surface area contributed by atoms with Crippen molar-refractivity contribution in [3.8, 4) is 5.75 Å². The highest BCUT2D eigenvalue weighted by Gasteiger charge is 2.18. The van der Waals surface area contributed by atoms with Crippen LogP contribution in [-0.4, -0.2) is 21.1 Å². The summed E-state index contributed by atoms with van der Waals surface area (Å²) in [5, 5.41) is 2.25. The molecule has 0 bridgehead atoms. The third kappa shape index (κ3) is 4.49. The molecule has 3 heterocycles. The molecule has 0 unspecified atom stereocenters. The molecule has 33 heavy (non-hydrogen) atoms. The maximum Gasteiger partial charge on any atom is 0.272 e. The van der Waals surface area contributed by atoms with Crippen LogP contribution in [0, 0.1) is 0 Å². The van der Waals surface area contributed by atoms with E-state index in [1.807, 2.05) is 67.6 Å². The van der Waals surface area contributed by atoms with E-state index < -0.39 is 0 Å². The van der Waals surface area contributed by atoms with E-state index in [9.17, 15) is 4.79 Å². The van der Waals surface area contributed by atoms with Crippen molar-refractivity contribution in [2.45, 2.75) is 24.4 Å². The number of nitrogens with zero attached hydrogens (tertiary/aromatic N) is 3. The van der Waals surface area contributed by atoms with Gasteiger partial charge in [0.2, 0.25) is 0 Å². The quantitative estimate of drug-likeness (QED) is 0.194. The highest BCUT2D eigenvalue weighted by atomic mass is 35.5. The zero-order chi connectivity index (χ0) is 22.8. The number of hydrogen-bond donors (Lipinski definition) is 0. The lowest BCUT2D eigenvalue weighted by Crippen LogP contribution is -2.23. The number of para-hydroxylation sites is 1. The molecule has 0 atom stereocenters. The van der Waals surface area contributed by atoms with Crippen LogP contribution in [0.25, 0.3) is 20.4 Å². The van der Waals surface area contributed by atoms with Crippen LogP contribution in [0.5, 0.6) is 5.75 Å². The van der Waals surface area contributed by atoms with Gasteiger partial charge in [0.15, 0.2) is 5.16 Å². The molecule has 0 aliphatic rings. The molecule has 166 valence electrons. The molecule has 0 aliphatic heterocycles. The van der Waals surface area contributed by atoms with Crippen LogP contribution in [-0.2, 0) is 12.3 Å². The van der Waals surface area contributed by atoms with Crippen LogP contribution >= 0.6 is 34.7 Å². The molecular weight excluding hydrogens is 474 g/mol. The van der Waals surface area contributed by atoms with Crippen molar-refractivity contribution in [1.29, 1.82) is 0 Å². The zero-order valence-corrected chi connectivity index (χ0v) is 20.2. The van der Waals surface area contributed by atoms with Crippen molar-refractivity contribution in [3.05, 3.63) is 93.4 Å². The second-order valence-corrected chi connectivity index (χ2v) is 9.76. The molecule has 0 spiro atoms. The van der Waals surface area contributed by atoms with Gasteiger partial charge in [-0.1, -0.05) is 53.7 Å². The van der Waals surface area contributed by atoms with Gasteiger partial charge in [-0.15, -0.1) is 11.3 Å².